The maximum atomic E-state index is 12.2. The van der Waals surface area contributed by atoms with Crippen LogP contribution in [-0.4, -0.2) is 37.4 Å². The highest BCUT2D eigenvalue weighted by molar-refractivity contribution is 7.92. The average Bonchev–Trinajstić information content (AvgIpc) is 3.37. The molecule has 0 radical (unpaired) electrons. The fourth-order valence-corrected chi connectivity index (χ4v) is 3.04. The number of benzene rings is 1. The summed E-state index contributed by atoms with van der Waals surface area (Å²) in [7, 11) is -2.45. The molecule has 0 amide bonds. The lowest BCUT2D eigenvalue weighted by atomic mass is 10.2. The first kappa shape index (κ1) is 19.6. The second-order valence-corrected chi connectivity index (χ2v) is 7.76. The third-order valence-electron chi connectivity index (χ3n) is 3.72. The Morgan fingerprint density at radius 3 is 2.68 bits per heavy atom. The minimum absolute atomic E-state index is 0.142. The van der Waals surface area contributed by atoms with E-state index in [0.717, 1.165) is 15.3 Å². The van der Waals surface area contributed by atoms with Crippen molar-refractivity contribution in [3.05, 3.63) is 71.5 Å². The van der Waals surface area contributed by atoms with Crippen LogP contribution < -0.4 is 0 Å². The Hall–Kier alpha value is -3.17. The van der Waals surface area contributed by atoms with Crippen molar-refractivity contribution in [2.45, 2.75) is 6.61 Å². The maximum absolute atomic E-state index is 12.2. The fourth-order valence-electron chi connectivity index (χ4n) is 2.22. The predicted molar refractivity (Wildman–Crippen MR) is 101 cm³/mol. The van der Waals surface area contributed by atoms with Gasteiger partial charge >= 0.3 is 5.97 Å². The van der Waals surface area contributed by atoms with Crippen LogP contribution in [0.3, 0.4) is 0 Å². The smallest absolute Gasteiger partial charge is 0.321 e. The Balaban J connectivity index is 1.52. The molecule has 0 aliphatic heterocycles. The zero-order chi connectivity index (χ0) is 20.0. The molecule has 0 N–H and O–H groups in total. The Bertz CT molecular complexity index is 1040. The Morgan fingerprint density at radius 2 is 1.96 bits per heavy atom. The number of nitrogens with zero attached hydrogens (tertiary/aromatic N) is 2. The normalized spacial score (nSPS) is 11.9. The summed E-state index contributed by atoms with van der Waals surface area (Å²) in [5, 5.41) is 4.82. The molecule has 0 fully saturated rings. The summed E-state index contributed by atoms with van der Waals surface area (Å²) in [6.07, 6.45) is 2.96. The molecule has 2 heterocycles. The second kappa shape index (κ2) is 8.68. The topological polar surface area (TPSA) is 103 Å². The van der Waals surface area contributed by atoms with Crippen molar-refractivity contribution in [2.75, 3.05) is 13.6 Å². The minimum atomic E-state index is -3.76. The zero-order valence-corrected chi connectivity index (χ0v) is 15.8. The van der Waals surface area contributed by atoms with Gasteiger partial charge in [-0.05, 0) is 23.8 Å². The monoisotopic (exact) mass is 402 g/mol. The zero-order valence-electron chi connectivity index (χ0n) is 15.0. The van der Waals surface area contributed by atoms with Crippen LogP contribution in [0.25, 0.3) is 17.6 Å². The second-order valence-electron chi connectivity index (χ2n) is 5.83. The van der Waals surface area contributed by atoms with Crippen LogP contribution in [0.15, 0.2) is 69.1 Å². The highest BCUT2D eigenvalue weighted by atomic mass is 32.2. The Morgan fingerprint density at radius 1 is 1.18 bits per heavy atom. The highest BCUT2D eigenvalue weighted by Crippen LogP contribution is 2.20. The van der Waals surface area contributed by atoms with E-state index in [9.17, 15) is 13.2 Å². The minimum Gasteiger partial charge on any atom is -0.461 e. The largest absolute Gasteiger partial charge is 0.461 e. The third kappa shape index (κ3) is 5.18. The van der Waals surface area contributed by atoms with E-state index in [1.807, 2.05) is 6.07 Å². The number of likely N-dealkylation sites (N-methyl/N-ethyl adjacent to an activating group) is 1. The molecule has 0 aliphatic rings. The maximum Gasteiger partial charge on any atom is 0.321 e. The van der Waals surface area contributed by atoms with E-state index >= 15 is 0 Å². The van der Waals surface area contributed by atoms with Gasteiger partial charge < -0.3 is 13.7 Å². The van der Waals surface area contributed by atoms with Crippen molar-refractivity contribution in [2.24, 2.45) is 0 Å². The van der Waals surface area contributed by atoms with Gasteiger partial charge in [-0.15, -0.1) is 0 Å². The molecule has 1 aromatic carbocycles. The SMILES string of the molecule is CN(CC(=O)OCc1cc(-c2ccco2)on1)S(=O)(=O)/C=C/c1ccccc1. The molecule has 28 heavy (non-hydrogen) atoms. The van der Waals surface area contributed by atoms with Gasteiger partial charge in [-0.1, -0.05) is 35.5 Å². The molecule has 9 heteroatoms. The summed E-state index contributed by atoms with van der Waals surface area (Å²) in [6.45, 7) is -0.568. The van der Waals surface area contributed by atoms with Gasteiger partial charge in [0.2, 0.25) is 15.8 Å². The van der Waals surface area contributed by atoms with E-state index in [2.05, 4.69) is 5.16 Å². The molecular weight excluding hydrogens is 384 g/mol. The fraction of sp³-hybridized carbons (Fsp3) is 0.158. The van der Waals surface area contributed by atoms with Crippen molar-refractivity contribution in [3.63, 3.8) is 0 Å². The number of ether oxygens (including phenoxy) is 1. The standard InChI is InChI=1S/C19H18N2O6S/c1-21(28(23,24)11-9-15-6-3-2-4-7-15)13-19(22)26-14-16-12-18(27-20-16)17-8-5-10-25-17/h2-12H,13-14H2,1H3/b11-9+. The molecular formula is C19H18N2O6S. The average molecular weight is 402 g/mol. The van der Waals surface area contributed by atoms with Crippen molar-refractivity contribution >= 4 is 22.1 Å². The summed E-state index contributed by atoms with van der Waals surface area (Å²) in [5.74, 6) is 0.199. The molecule has 3 aromatic rings. The summed E-state index contributed by atoms with van der Waals surface area (Å²) in [4.78, 5) is 12.0. The lowest BCUT2D eigenvalue weighted by Crippen LogP contribution is -2.31. The molecule has 0 aliphatic carbocycles. The van der Waals surface area contributed by atoms with Crippen molar-refractivity contribution < 1.29 is 26.9 Å². The lowest BCUT2D eigenvalue weighted by Gasteiger charge is -2.13. The molecule has 0 atom stereocenters. The molecule has 8 nitrogen and oxygen atoms in total. The number of esters is 1. The van der Waals surface area contributed by atoms with Gasteiger partial charge in [-0.3, -0.25) is 4.79 Å². The van der Waals surface area contributed by atoms with E-state index < -0.39 is 22.5 Å². The quantitative estimate of drug-likeness (QED) is 0.534. The number of carbonyl (C=O) groups is 1. The molecule has 0 saturated carbocycles. The number of hydrogen-bond donors (Lipinski definition) is 0. The molecule has 2 aromatic heterocycles. The number of sulfonamides is 1. The summed E-state index contributed by atoms with van der Waals surface area (Å²) in [5.41, 5.74) is 1.12. The van der Waals surface area contributed by atoms with Crippen LogP contribution >= 0.6 is 0 Å². The van der Waals surface area contributed by atoms with Crippen molar-refractivity contribution in [1.82, 2.24) is 9.46 Å². The van der Waals surface area contributed by atoms with Gasteiger partial charge in [0.1, 0.15) is 18.8 Å². The number of rotatable bonds is 8. The Kier molecular flexibility index (Phi) is 6.07. The van der Waals surface area contributed by atoms with E-state index in [1.54, 1.807) is 42.5 Å². The van der Waals surface area contributed by atoms with Crippen molar-refractivity contribution in [3.8, 4) is 11.5 Å². The first-order valence-electron chi connectivity index (χ1n) is 8.28. The van der Waals surface area contributed by atoms with Gasteiger partial charge in [0.25, 0.3) is 0 Å². The first-order valence-corrected chi connectivity index (χ1v) is 9.79. The molecule has 0 saturated heterocycles. The van der Waals surface area contributed by atoms with E-state index in [4.69, 9.17) is 13.7 Å². The summed E-state index contributed by atoms with van der Waals surface area (Å²) >= 11 is 0. The molecule has 3 rings (SSSR count). The van der Waals surface area contributed by atoms with E-state index in [-0.39, 0.29) is 6.61 Å². The van der Waals surface area contributed by atoms with Gasteiger partial charge in [0, 0.05) is 18.5 Å². The molecule has 0 spiro atoms. The number of furan rings is 1. The van der Waals surface area contributed by atoms with Crippen LogP contribution in [0, 0.1) is 0 Å². The van der Waals surface area contributed by atoms with Crippen LogP contribution in [0.5, 0.6) is 0 Å². The van der Waals surface area contributed by atoms with Gasteiger partial charge in [-0.25, -0.2) is 8.42 Å². The summed E-state index contributed by atoms with van der Waals surface area (Å²) in [6, 6.07) is 14.0. The van der Waals surface area contributed by atoms with Crippen LogP contribution in [0.1, 0.15) is 11.3 Å². The first-order chi connectivity index (χ1) is 13.4. The number of hydrogen-bond acceptors (Lipinski definition) is 7. The predicted octanol–water partition coefficient (Wildman–Crippen LogP) is 2.91. The molecule has 0 unspecified atom stereocenters. The van der Waals surface area contributed by atoms with E-state index in [1.165, 1.54) is 19.4 Å². The van der Waals surface area contributed by atoms with Crippen LogP contribution in [-0.2, 0) is 26.2 Å². The van der Waals surface area contributed by atoms with Gasteiger partial charge in [0.05, 0.1) is 6.26 Å². The van der Waals surface area contributed by atoms with Gasteiger partial charge in [0.15, 0.2) is 5.76 Å². The third-order valence-corrected chi connectivity index (χ3v) is 5.20. The van der Waals surface area contributed by atoms with Crippen molar-refractivity contribution in [1.29, 1.82) is 0 Å². The van der Waals surface area contributed by atoms with Gasteiger partial charge in [-0.2, -0.15) is 4.31 Å². The molecule has 0 bridgehead atoms. The Labute approximate surface area is 162 Å². The van der Waals surface area contributed by atoms with Crippen LogP contribution in [0.4, 0.5) is 0 Å². The number of aromatic nitrogens is 1. The summed E-state index contributed by atoms with van der Waals surface area (Å²) < 4.78 is 40.7. The molecule has 146 valence electrons. The lowest BCUT2D eigenvalue weighted by molar-refractivity contribution is -0.145. The van der Waals surface area contributed by atoms with E-state index in [0.29, 0.717) is 17.2 Å². The highest BCUT2D eigenvalue weighted by Gasteiger charge is 2.19. The number of carbonyl (C=O) groups excluding carboxylic acids is 1. The van der Waals surface area contributed by atoms with Crippen LogP contribution in [0.2, 0.25) is 0 Å².